The lowest BCUT2D eigenvalue weighted by Crippen LogP contribution is -2.47. The van der Waals surface area contributed by atoms with Crippen molar-refractivity contribution in [2.75, 3.05) is 0 Å². The van der Waals surface area contributed by atoms with E-state index in [9.17, 15) is 9.59 Å². The van der Waals surface area contributed by atoms with E-state index in [1.54, 1.807) is 25.1 Å². The van der Waals surface area contributed by atoms with Gasteiger partial charge >= 0.3 is 0 Å². The fourth-order valence-corrected chi connectivity index (χ4v) is 3.64. The van der Waals surface area contributed by atoms with Crippen molar-refractivity contribution < 1.29 is 14.3 Å². The highest BCUT2D eigenvalue weighted by Gasteiger charge is 2.29. The summed E-state index contributed by atoms with van der Waals surface area (Å²) in [5.41, 5.74) is 0. The minimum atomic E-state index is -0.686. The molecule has 2 N–H and O–H groups in total. The van der Waals surface area contributed by atoms with Gasteiger partial charge < -0.3 is 15.4 Å². The largest absolute Gasteiger partial charge is 0.481 e. The highest BCUT2D eigenvalue weighted by atomic mass is 35.5. The van der Waals surface area contributed by atoms with Crippen molar-refractivity contribution >= 4 is 35.0 Å². The van der Waals surface area contributed by atoms with E-state index in [-0.39, 0.29) is 29.8 Å². The molecule has 7 heteroatoms. The maximum Gasteiger partial charge on any atom is 0.260 e. The van der Waals surface area contributed by atoms with Crippen LogP contribution in [0, 0.1) is 5.92 Å². The third-order valence-corrected chi connectivity index (χ3v) is 4.78. The molecule has 144 valence electrons. The lowest BCUT2D eigenvalue weighted by Gasteiger charge is -2.30. The topological polar surface area (TPSA) is 67.4 Å². The number of rotatable bonds is 6. The van der Waals surface area contributed by atoms with Crippen LogP contribution in [0.25, 0.3) is 0 Å². The first-order valence-electron chi connectivity index (χ1n) is 8.98. The first kappa shape index (κ1) is 20.8. The fourth-order valence-electron chi connectivity index (χ4n) is 3.13. The van der Waals surface area contributed by atoms with Crippen LogP contribution in [0.4, 0.5) is 0 Å². The summed E-state index contributed by atoms with van der Waals surface area (Å²) in [6, 6.07) is 4.93. The maximum atomic E-state index is 12.4. The summed E-state index contributed by atoms with van der Waals surface area (Å²) in [5.74, 6) is 0.246. The molecule has 1 saturated carbocycles. The summed E-state index contributed by atoms with van der Waals surface area (Å²) in [6.07, 6.45) is 2.61. The molecule has 0 radical (unpaired) electrons. The van der Waals surface area contributed by atoms with Crippen LogP contribution >= 0.6 is 23.2 Å². The highest BCUT2D eigenvalue weighted by molar-refractivity contribution is 6.34. The molecule has 0 aromatic heterocycles. The molecule has 0 bridgehead atoms. The van der Waals surface area contributed by atoms with E-state index >= 15 is 0 Å². The van der Waals surface area contributed by atoms with Crippen LogP contribution in [-0.4, -0.2) is 30.0 Å². The molecule has 0 heterocycles. The van der Waals surface area contributed by atoms with Gasteiger partial charge in [-0.1, -0.05) is 29.6 Å². The Balaban J connectivity index is 1.88. The molecule has 1 fully saturated rings. The lowest BCUT2D eigenvalue weighted by atomic mass is 9.85. The van der Waals surface area contributed by atoms with Crippen LogP contribution in [0.3, 0.4) is 0 Å². The van der Waals surface area contributed by atoms with Gasteiger partial charge in [0.1, 0.15) is 5.75 Å². The van der Waals surface area contributed by atoms with Gasteiger partial charge in [0.25, 0.3) is 5.91 Å². The highest BCUT2D eigenvalue weighted by Crippen LogP contribution is 2.26. The first-order valence-corrected chi connectivity index (χ1v) is 9.73. The number of benzene rings is 1. The Morgan fingerprint density at radius 2 is 1.77 bits per heavy atom. The molecule has 26 heavy (non-hydrogen) atoms. The van der Waals surface area contributed by atoms with Gasteiger partial charge in [0, 0.05) is 28.0 Å². The van der Waals surface area contributed by atoms with Gasteiger partial charge in [-0.15, -0.1) is 0 Å². The average molecular weight is 401 g/mol. The molecule has 1 aliphatic carbocycles. The number of ether oxygens (including phenoxy) is 1. The van der Waals surface area contributed by atoms with Crippen LogP contribution in [0.15, 0.2) is 18.2 Å². The number of nitrogens with one attached hydrogen (secondary N) is 2. The van der Waals surface area contributed by atoms with Crippen molar-refractivity contribution in [3.05, 3.63) is 28.2 Å². The van der Waals surface area contributed by atoms with Crippen LogP contribution in [0.2, 0.25) is 10.0 Å². The second kappa shape index (κ2) is 9.47. The molecule has 1 aliphatic rings. The van der Waals surface area contributed by atoms with Crippen molar-refractivity contribution in [1.29, 1.82) is 0 Å². The molecule has 3 unspecified atom stereocenters. The zero-order valence-corrected chi connectivity index (χ0v) is 16.9. The fraction of sp³-hybridized carbons (Fsp3) is 0.579. The third-order valence-electron chi connectivity index (χ3n) is 4.34. The predicted molar refractivity (Wildman–Crippen MR) is 104 cm³/mol. The number of halogens is 2. The molecule has 2 rings (SSSR count). The van der Waals surface area contributed by atoms with E-state index in [0.29, 0.717) is 22.2 Å². The Morgan fingerprint density at radius 1 is 1.12 bits per heavy atom. The zero-order chi connectivity index (χ0) is 19.3. The number of carbonyl (C=O) groups excluding carboxylic acids is 2. The smallest absolute Gasteiger partial charge is 0.260 e. The number of hydrogen-bond donors (Lipinski definition) is 2. The standard InChI is InChI=1S/C19H26Cl2N2O3/c1-11(2)22-19(25)13-5-4-6-16(7-13)23-18(24)12(3)26-17-9-14(20)8-15(21)10-17/h8-13,16H,4-7H2,1-3H3,(H,22,25)(H,23,24). The van der Waals surface area contributed by atoms with E-state index in [1.165, 1.54) is 0 Å². The molecule has 1 aromatic carbocycles. The summed E-state index contributed by atoms with van der Waals surface area (Å²) in [7, 11) is 0. The summed E-state index contributed by atoms with van der Waals surface area (Å²) in [4.78, 5) is 24.6. The minimum absolute atomic E-state index is 0.0202. The van der Waals surface area contributed by atoms with Crippen molar-refractivity contribution in [2.45, 2.75) is 64.6 Å². The van der Waals surface area contributed by atoms with Gasteiger partial charge in [-0.05, 0) is 58.2 Å². The van der Waals surface area contributed by atoms with Crippen molar-refractivity contribution in [3.8, 4) is 5.75 Å². The summed E-state index contributed by atoms with van der Waals surface area (Å²) >= 11 is 11.9. The van der Waals surface area contributed by atoms with Crippen LogP contribution in [0.1, 0.15) is 46.5 Å². The van der Waals surface area contributed by atoms with Crippen LogP contribution < -0.4 is 15.4 Å². The van der Waals surface area contributed by atoms with E-state index in [0.717, 1.165) is 19.3 Å². The summed E-state index contributed by atoms with van der Waals surface area (Å²) in [6.45, 7) is 5.57. The van der Waals surface area contributed by atoms with Gasteiger partial charge in [-0.3, -0.25) is 9.59 Å². The van der Waals surface area contributed by atoms with Crippen molar-refractivity contribution in [2.24, 2.45) is 5.92 Å². The summed E-state index contributed by atoms with van der Waals surface area (Å²) in [5, 5.41) is 6.85. The van der Waals surface area contributed by atoms with E-state index in [2.05, 4.69) is 10.6 Å². The van der Waals surface area contributed by atoms with Gasteiger partial charge in [-0.2, -0.15) is 0 Å². The normalized spacial score (nSPS) is 21.2. The molecule has 0 saturated heterocycles. The number of hydrogen-bond acceptors (Lipinski definition) is 3. The molecular weight excluding hydrogens is 375 g/mol. The third kappa shape index (κ3) is 6.36. The lowest BCUT2D eigenvalue weighted by molar-refractivity contribution is -0.130. The summed E-state index contributed by atoms with van der Waals surface area (Å²) < 4.78 is 5.65. The van der Waals surface area contributed by atoms with Crippen molar-refractivity contribution in [3.63, 3.8) is 0 Å². The molecule has 0 spiro atoms. The second-order valence-corrected chi connectivity index (χ2v) is 7.97. The maximum absolute atomic E-state index is 12.4. The average Bonchev–Trinajstić information content (AvgIpc) is 2.53. The molecular formula is C19H26Cl2N2O3. The van der Waals surface area contributed by atoms with Crippen molar-refractivity contribution in [1.82, 2.24) is 10.6 Å². The second-order valence-electron chi connectivity index (χ2n) is 7.10. The molecule has 5 nitrogen and oxygen atoms in total. The van der Waals surface area contributed by atoms with Gasteiger partial charge in [-0.25, -0.2) is 0 Å². The number of amides is 2. The molecule has 2 amide bonds. The zero-order valence-electron chi connectivity index (χ0n) is 15.4. The SMILES string of the molecule is CC(C)NC(=O)C1CCCC(NC(=O)C(C)Oc2cc(Cl)cc(Cl)c2)C1. The van der Waals surface area contributed by atoms with E-state index in [1.807, 2.05) is 13.8 Å². The Bertz CT molecular complexity index is 631. The Hall–Kier alpha value is -1.46. The van der Waals surface area contributed by atoms with Gasteiger partial charge in [0.05, 0.1) is 0 Å². The Kier molecular flexibility index (Phi) is 7.59. The van der Waals surface area contributed by atoms with Crippen LogP contribution in [0.5, 0.6) is 5.75 Å². The Labute approximate surface area is 164 Å². The monoisotopic (exact) mass is 400 g/mol. The van der Waals surface area contributed by atoms with E-state index < -0.39 is 6.10 Å². The quantitative estimate of drug-likeness (QED) is 0.758. The first-order chi connectivity index (χ1) is 12.2. The molecule has 3 atom stereocenters. The molecule has 0 aliphatic heterocycles. The minimum Gasteiger partial charge on any atom is -0.481 e. The molecule has 1 aromatic rings. The van der Waals surface area contributed by atoms with Gasteiger partial charge in [0.15, 0.2) is 6.10 Å². The predicted octanol–water partition coefficient (Wildman–Crippen LogP) is 3.96. The van der Waals surface area contributed by atoms with Gasteiger partial charge in [0.2, 0.25) is 5.91 Å². The Morgan fingerprint density at radius 3 is 2.38 bits per heavy atom. The van der Waals surface area contributed by atoms with Crippen LogP contribution in [-0.2, 0) is 9.59 Å². The number of carbonyl (C=O) groups is 2. The van der Waals surface area contributed by atoms with E-state index in [4.69, 9.17) is 27.9 Å².